The maximum absolute atomic E-state index is 11.0. The molecule has 1 unspecified atom stereocenters. The van der Waals surface area contributed by atoms with E-state index in [-0.39, 0.29) is 18.0 Å². The normalized spacial score (nSPS) is 26.7. The molecule has 0 aromatic heterocycles. The van der Waals surface area contributed by atoms with Crippen LogP contribution in [0.15, 0.2) is 0 Å². The molecule has 1 atom stereocenters. The van der Waals surface area contributed by atoms with Gasteiger partial charge in [0.2, 0.25) is 0 Å². The largest absolute Gasteiger partial charge is 0.481 e. The minimum Gasteiger partial charge on any atom is -0.481 e. The first-order valence-corrected chi connectivity index (χ1v) is 6.54. The molecule has 0 saturated carbocycles. The van der Waals surface area contributed by atoms with Crippen LogP contribution in [0.3, 0.4) is 0 Å². The zero-order chi connectivity index (χ0) is 13.1. The molecule has 0 radical (unpaired) electrons. The monoisotopic (exact) mass is 242 g/mol. The van der Waals surface area contributed by atoms with E-state index in [1.54, 1.807) is 0 Å². The van der Waals surface area contributed by atoms with Crippen molar-refractivity contribution in [2.45, 2.75) is 51.6 Å². The van der Waals surface area contributed by atoms with Crippen molar-refractivity contribution in [1.82, 2.24) is 9.80 Å². The van der Waals surface area contributed by atoms with E-state index in [0.29, 0.717) is 0 Å². The molecule has 0 aliphatic carbocycles. The van der Waals surface area contributed by atoms with Gasteiger partial charge in [0.25, 0.3) is 0 Å². The standard InChI is InChI=1S/C13H26N2O2/c1-5-7-15-11(9-12(16)17)10-14(4)8-6-13(15,2)3/h11H,5-10H2,1-4H3,(H,16,17). The molecule has 0 amide bonds. The summed E-state index contributed by atoms with van der Waals surface area (Å²) in [7, 11) is 2.08. The average molecular weight is 242 g/mol. The number of aliphatic carboxylic acids is 1. The molecule has 17 heavy (non-hydrogen) atoms. The van der Waals surface area contributed by atoms with Crippen molar-refractivity contribution in [3.8, 4) is 0 Å². The van der Waals surface area contributed by atoms with Gasteiger partial charge in [0, 0.05) is 18.1 Å². The van der Waals surface area contributed by atoms with Crippen molar-refractivity contribution in [2.75, 3.05) is 26.7 Å². The first-order valence-electron chi connectivity index (χ1n) is 6.54. The highest BCUT2D eigenvalue weighted by Gasteiger charge is 2.36. The molecule has 0 aromatic carbocycles. The minimum atomic E-state index is -0.692. The Morgan fingerprint density at radius 3 is 2.65 bits per heavy atom. The molecular weight excluding hydrogens is 216 g/mol. The third kappa shape index (κ3) is 3.96. The molecule has 1 fully saturated rings. The van der Waals surface area contributed by atoms with Crippen molar-refractivity contribution in [3.63, 3.8) is 0 Å². The summed E-state index contributed by atoms with van der Waals surface area (Å²) in [6.07, 6.45) is 2.41. The summed E-state index contributed by atoms with van der Waals surface area (Å²) in [5, 5.41) is 9.05. The van der Waals surface area contributed by atoms with E-state index >= 15 is 0 Å². The molecular formula is C13H26N2O2. The summed E-state index contributed by atoms with van der Waals surface area (Å²) >= 11 is 0. The van der Waals surface area contributed by atoms with E-state index in [0.717, 1.165) is 32.5 Å². The van der Waals surface area contributed by atoms with Gasteiger partial charge in [-0.05, 0) is 46.8 Å². The third-order valence-electron chi connectivity index (χ3n) is 3.72. The van der Waals surface area contributed by atoms with E-state index in [4.69, 9.17) is 5.11 Å². The zero-order valence-corrected chi connectivity index (χ0v) is 11.6. The Kier molecular flexibility index (Phi) is 4.95. The van der Waals surface area contributed by atoms with Crippen LogP contribution in [0.4, 0.5) is 0 Å². The maximum Gasteiger partial charge on any atom is 0.304 e. The van der Waals surface area contributed by atoms with Crippen LogP contribution in [-0.2, 0) is 4.79 Å². The van der Waals surface area contributed by atoms with Gasteiger partial charge in [-0.1, -0.05) is 6.92 Å². The summed E-state index contributed by atoms with van der Waals surface area (Å²) in [4.78, 5) is 15.7. The van der Waals surface area contributed by atoms with Gasteiger partial charge in [-0.2, -0.15) is 0 Å². The Bertz CT molecular complexity index is 266. The number of hydrogen-bond acceptors (Lipinski definition) is 3. The van der Waals surface area contributed by atoms with Crippen molar-refractivity contribution in [3.05, 3.63) is 0 Å². The first-order chi connectivity index (χ1) is 7.86. The Morgan fingerprint density at radius 1 is 1.47 bits per heavy atom. The maximum atomic E-state index is 11.0. The second-order valence-corrected chi connectivity index (χ2v) is 5.77. The van der Waals surface area contributed by atoms with Crippen molar-refractivity contribution in [1.29, 1.82) is 0 Å². The molecule has 100 valence electrons. The second kappa shape index (κ2) is 5.83. The molecule has 0 bridgehead atoms. The molecule has 1 N–H and O–H groups in total. The fourth-order valence-electron chi connectivity index (χ4n) is 2.75. The highest BCUT2D eigenvalue weighted by molar-refractivity contribution is 5.67. The minimum absolute atomic E-state index is 0.0981. The molecule has 0 spiro atoms. The number of likely N-dealkylation sites (N-methyl/N-ethyl adjacent to an activating group) is 1. The Labute approximate surface area is 105 Å². The number of carboxylic acids is 1. The summed E-state index contributed by atoms with van der Waals surface area (Å²) in [5.41, 5.74) is 0.0981. The summed E-state index contributed by atoms with van der Waals surface area (Å²) in [5.74, 6) is -0.692. The summed E-state index contributed by atoms with van der Waals surface area (Å²) in [6, 6.07) is 0.134. The molecule has 1 rings (SSSR count). The van der Waals surface area contributed by atoms with Gasteiger partial charge in [0.15, 0.2) is 0 Å². The molecule has 1 saturated heterocycles. The number of nitrogens with zero attached hydrogens (tertiary/aromatic N) is 2. The number of hydrogen-bond donors (Lipinski definition) is 1. The summed E-state index contributed by atoms with van der Waals surface area (Å²) < 4.78 is 0. The predicted octanol–water partition coefficient (Wildman–Crippen LogP) is 1.66. The fraction of sp³-hybridized carbons (Fsp3) is 0.923. The second-order valence-electron chi connectivity index (χ2n) is 5.77. The molecule has 4 nitrogen and oxygen atoms in total. The van der Waals surface area contributed by atoms with Crippen molar-refractivity contribution in [2.24, 2.45) is 0 Å². The number of carboxylic acid groups (broad SMARTS) is 1. The van der Waals surface area contributed by atoms with Crippen molar-refractivity contribution >= 4 is 5.97 Å². The lowest BCUT2D eigenvalue weighted by Gasteiger charge is -2.41. The Balaban J connectivity index is 2.87. The van der Waals surface area contributed by atoms with Gasteiger partial charge < -0.3 is 10.0 Å². The molecule has 1 heterocycles. The Hall–Kier alpha value is -0.610. The smallest absolute Gasteiger partial charge is 0.304 e. The van der Waals surface area contributed by atoms with E-state index in [2.05, 4.69) is 37.6 Å². The average Bonchev–Trinajstić information content (AvgIpc) is 2.29. The third-order valence-corrected chi connectivity index (χ3v) is 3.72. The molecule has 0 aromatic rings. The van der Waals surface area contributed by atoms with Crippen LogP contribution in [0.5, 0.6) is 0 Å². The first kappa shape index (κ1) is 14.5. The van der Waals surface area contributed by atoms with Gasteiger partial charge in [-0.3, -0.25) is 9.69 Å². The number of rotatable bonds is 4. The lowest BCUT2D eigenvalue weighted by atomic mass is 9.96. The van der Waals surface area contributed by atoms with E-state index < -0.39 is 5.97 Å². The highest BCUT2D eigenvalue weighted by Crippen LogP contribution is 2.27. The topological polar surface area (TPSA) is 43.8 Å². The SMILES string of the molecule is CCCN1C(CC(=O)O)CN(C)CCC1(C)C. The van der Waals surface area contributed by atoms with Crippen LogP contribution < -0.4 is 0 Å². The number of carbonyl (C=O) groups is 1. The van der Waals surface area contributed by atoms with Gasteiger partial charge >= 0.3 is 5.97 Å². The Morgan fingerprint density at radius 2 is 2.12 bits per heavy atom. The van der Waals surface area contributed by atoms with Crippen molar-refractivity contribution < 1.29 is 9.90 Å². The van der Waals surface area contributed by atoms with Crippen LogP contribution in [0.1, 0.15) is 40.0 Å². The fourth-order valence-corrected chi connectivity index (χ4v) is 2.75. The van der Waals surface area contributed by atoms with Gasteiger partial charge in [0.1, 0.15) is 0 Å². The molecule has 1 aliphatic rings. The molecule has 1 aliphatic heterocycles. The van der Waals surface area contributed by atoms with Gasteiger partial charge in [-0.25, -0.2) is 0 Å². The van der Waals surface area contributed by atoms with Crippen LogP contribution in [0, 0.1) is 0 Å². The van der Waals surface area contributed by atoms with Crippen LogP contribution in [0.2, 0.25) is 0 Å². The van der Waals surface area contributed by atoms with Crippen LogP contribution >= 0.6 is 0 Å². The quantitative estimate of drug-likeness (QED) is 0.814. The van der Waals surface area contributed by atoms with Crippen LogP contribution in [-0.4, -0.2) is 59.1 Å². The van der Waals surface area contributed by atoms with E-state index in [1.807, 2.05) is 0 Å². The van der Waals surface area contributed by atoms with Crippen LogP contribution in [0.25, 0.3) is 0 Å². The lowest BCUT2D eigenvalue weighted by molar-refractivity contribution is -0.139. The van der Waals surface area contributed by atoms with Gasteiger partial charge in [-0.15, -0.1) is 0 Å². The lowest BCUT2D eigenvalue weighted by Crippen LogP contribution is -2.51. The van der Waals surface area contributed by atoms with Gasteiger partial charge in [0.05, 0.1) is 6.42 Å². The molecule has 4 heteroatoms. The zero-order valence-electron chi connectivity index (χ0n) is 11.6. The highest BCUT2D eigenvalue weighted by atomic mass is 16.4. The van der Waals surface area contributed by atoms with E-state index in [1.165, 1.54) is 0 Å². The predicted molar refractivity (Wildman–Crippen MR) is 69.2 cm³/mol. The van der Waals surface area contributed by atoms with E-state index in [9.17, 15) is 4.79 Å². The summed E-state index contributed by atoms with van der Waals surface area (Å²) in [6.45, 7) is 9.51.